The molecule has 0 amide bonds. The lowest BCUT2D eigenvalue weighted by atomic mass is 10.2. The van der Waals surface area contributed by atoms with Gasteiger partial charge in [-0.05, 0) is 26.6 Å². The first-order chi connectivity index (χ1) is 8.97. The fraction of sp³-hybridized carbons (Fsp3) is 0.583. The third kappa shape index (κ3) is 3.37. The van der Waals surface area contributed by atoms with Crippen molar-refractivity contribution in [1.82, 2.24) is 14.9 Å². The Kier molecular flexibility index (Phi) is 4.28. The van der Waals surface area contributed by atoms with Gasteiger partial charge in [-0.15, -0.1) is 0 Å². The quantitative estimate of drug-likeness (QED) is 0.728. The third-order valence-corrected chi connectivity index (χ3v) is 3.33. The number of nitrogens with two attached hydrogens (primary N) is 1. The van der Waals surface area contributed by atoms with E-state index in [0.29, 0.717) is 18.2 Å². The third-order valence-electron chi connectivity index (χ3n) is 3.12. The molecule has 3 N–H and O–H groups in total. The SMILES string of the molecule is CN(C)CC1CC(O)CN1c1nccc(C(N)=S)n1. The summed E-state index contributed by atoms with van der Waals surface area (Å²) in [6, 6.07) is 1.89. The van der Waals surface area contributed by atoms with Crippen LogP contribution in [0.3, 0.4) is 0 Å². The molecule has 0 bridgehead atoms. The van der Waals surface area contributed by atoms with Crippen LogP contribution in [0, 0.1) is 0 Å². The first-order valence-corrected chi connectivity index (χ1v) is 6.60. The van der Waals surface area contributed by atoms with Crippen LogP contribution in [-0.2, 0) is 0 Å². The minimum Gasteiger partial charge on any atom is -0.391 e. The van der Waals surface area contributed by atoms with Gasteiger partial charge >= 0.3 is 0 Å². The van der Waals surface area contributed by atoms with Crippen LogP contribution in [0.5, 0.6) is 0 Å². The van der Waals surface area contributed by atoms with Crippen molar-refractivity contribution in [2.45, 2.75) is 18.6 Å². The summed E-state index contributed by atoms with van der Waals surface area (Å²) < 4.78 is 0. The minimum absolute atomic E-state index is 0.201. The highest BCUT2D eigenvalue weighted by Gasteiger charge is 2.32. The Labute approximate surface area is 118 Å². The highest BCUT2D eigenvalue weighted by atomic mass is 32.1. The zero-order valence-electron chi connectivity index (χ0n) is 11.2. The number of nitrogens with zero attached hydrogens (tertiary/aromatic N) is 4. The van der Waals surface area contributed by atoms with Gasteiger partial charge < -0.3 is 20.6 Å². The molecule has 6 nitrogen and oxygen atoms in total. The molecule has 2 heterocycles. The van der Waals surface area contributed by atoms with Crippen LogP contribution < -0.4 is 10.6 Å². The molecule has 7 heteroatoms. The summed E-state index contributed by atoms with van der Waals surface area (Å²) in [5.74, 6) is 0.578. The Bertz CT molecular complexity index is 467. The lowest BCUT2D eigenvalue weighted by Crippen LogP contribution is -2.38. The summed E-state index contributed by atoms with van der Waals surface area (Å²) in [5.41, 5.74) is 6.15. The maximum atomic E-state index is 9.86. The summed E-state index contributed by atoms with van der Waals surface area (Å²) in [6.45, 7) is 1.39. The van der Waals surface area contributed by atoms with E-state index in [0.717, 1.165) is 13.0 Å². The Hall–Kier alpha value is -1.31. The van der Waals surface area contributed by atoms with Crippen molar-refractivity contribution in [2.75, 3.05) is 32.1 Å². The molecule has 0 radical (unpaired) electrons. The topological polar surface area (TPSA) is 78.5 Å². The summed E-state index contributed by atoms with van der Waals surface area (Å²) in [7, 11) is 4.02. The number of anilines is 1. The minimum atomic E-state index is -0.345. The normalized spacial score (nSPS) is 23.1. The number of rotatable bonds is 4. The molecule has 1 saturated heterocycles. The molecular weight excluding hydrogens is 262 g/mol. The van der Waals surface area contributed by atoms with Crippen molar-refractivity contribution in [3.63, 3.8) is 0 Å². The molecule has 0 saturated carbocycles. The summed E-state index contributed by atoms with van der Waals surface area (Å²) in [5, 5.41) is 9.86. The van der Waals surface area contributed by atoms with Crippen LogP contribution in [0.15, 0.2) is 12.3 Å². The van der Waals surface area contributed by atoms with Gasteiger partial charge in [-0.3, -0.25) is 0 Å². The molecule has 1 aliphatic heterocycles. The number of β-amino-alcohol motifs (C(OH)–C–C–N with tert-alkyl or cyclic N) is 1. The molecule has 2 rings (SSSR count). The largest absolute Gasteiger partial charge is 0.391 e. The summed E-state index contributed by atoms with van der Waals surface area (Å²) in [6.07, 6.45) is 2.02. The van der Waals surface area contributed by atoms with E-state index in [4.69, 9.17) is 18.0 Å². The molecule has 1 aromatic rings. The number of aliphatic hydroxyl groups is 1. The number of hydrogen-bond donors (Lipinski definition) is 2. The number of aliphatic hydroxyl groups excluding tert-OH is 1. The maximum Gasteiger partial charge on any atom is 0.226 e. The van der Waals surface area contributed by atoms with Crippen molar-refractivity contribution in [1.29, 1.82) is 0 Å². The molecule has 1 aliphatic rings. The van der Waals surface area contributed by atoms with Crippen LogP contribution in [0.4, 0.5) is 5.95 Å². The zero-order chi connectivity index (χ0) is 14.0. The first kappa shape index (κ1) is 14.1. The second-order valence-electron chi connectivity index (χ2n) is 5.06. The Balaban J connectivity index is 2.23. The molecule has 0 aromatic carbocycles. The molecule has 2 unspecified atom stereocenters. The lowest BCUT2D eigenvalue weighted by molar-refractivity contribution is 0.191. The van der Waals surface area contributed by atoms with E-state index in [1.165, 1.54) is 0 Å². The average Bonchev–Trinajstić information content (AvgIpc) is 2.69. The van der Waals surface area contributed by atoms with Crippen molar-refractivity contribution in [2.24, 2.45) is 5.73 Å². The number of likely N-dealkylation sites (N-methyl/N-ethyl adjacent to an activating group) is 1. The van der Waals surface area contributed by atoms with E-state index in [1.54, 1.807) is 12.3 Å². The van der Waals surface area contributed by atoms with Gasteiger partial charge in [0.05, 0.1) is 6.10 Å². The molecular formula is C12H19N5OS. The fourth-order valence-electron chi connectivity index (χ4n) is 2.36. The van der Waals surface area contributed by atoms with Crippen LogP contribution >= 0.6 is 12.2 Å². The van der Waals surface area contributed by atoms with Gasteiger partial charge in [0.25, 0.3) is 0 Å². The summed E-state index contributed by atoms with van der Waals surface area (Å²) >= 11 is 4.93. The highest BCUT2D eigenvalue weighted by Crippen LogP contribution is 2.23. The average molecular weight is 281 g/mol. The lowest BCUT2D eigenvalue weighted by Gasteiger charge is -2.26. The highest BCUT2D eigenvalue weighted by molar-refractivity contribution is 7.80. The van der Waals surface area contributed by atoms with Gasteiger partial charge in [0.1, 0.15) is 10.7 Å². The van der Waals surface area contributed by atoms with E-state index in [2.05, 4.69) is 14.9 Å². The maximum absolute atomic E-state index is 9.86. The molecule has 0 spiro atoms. The van der Waals surface area contributed by atoms with Gasteiger partial charge in [-0.2, -0.15) is 0 Å². The second-order valence-corrected chi connectivity index (χ2v) is 5.50. The fourth-order valence-corrected chi connectivity index (χ4v) is 2.47. The molecule has 1 aromatic heterocycles. The molecule has 2 atom stereocenters. The molecule has 1 fully saturated rings. The van der Waals surface area contributed by atoms with Gasteiger partial charge in [0, 0.05) is 25.3 Å². The second kappa shape index (κ2) is 5.77. The van der Waals surface area contributed by atoms with E-state index in [1.807, 2.05) is 19.0 Å². The number of thiocarbonyl (C=S) groups is 1. The van der Waals surface area contributed by atoms with Gasteiger partial charge in [-0.25, -0.2) is 9.97 Å². The van der Waals surface area contributed by atoms with E-state index in [-0.39, 0.29) is 17.1 Å². The molecule has 0 aliphatic carbocycles. The first-order valence-electron chi connectivity index (χ1n) is 6.19. The van der Waals surface area contributed by atoms with Gasteiger partial charge in [0.2, 0.25) is 5.95 Å². The van der Waals surface area contributed by atoms with E-state index < -0.39 is 0 Å². The van der Waals surface area contributed by atoms with Crippen molar-refractivity contribution in [3.05, 3.63) is 18.0 Å². The van der Waals surface area contributed by atoms with Crippen LogP contribution in [0.1, 0.15) is 12.1 Å². The van der Waals surface area contributed by atoms with E-state index >= 15 is 0 Å². The monoisotopic (exact) mass is 281 g/mol. The van der Waals surface area contributed by atoms with Crippen LogP contribution in [0.25, 0.3) is 0 Å². The van der Waals surface area contributed by atoms with Crippen LogP contribution in [0.2, 0.25) is 0 Å². The Morgan fingerprint density at radius 1 is 1.63 bits per heavy atom. The van der Waals surface area contributed by atoms with Gasteiger partial charge in [-0.1, -0.05) is 12.2 Å². The number of hydrogen-bond acceptors (Lipinski definition) is 6. The standard InChI is InChI=1S/C12H19N5OS/c1-16(2)6-8-5-9(18)7-17(8)12-14-4-3-10(15-12)11(13)19/h3-4,8-9,18H,5-7H2,1-2H3,(H2,13,19). The predicted molar refractivity (Wildman–Crippen MR) is 78.2 cm³/mol. The molecule has 19 heavy (non-hydrogen) atoms. The Morgan fingerprint density at radius 2 is 2.37 bits per heavy atom. The summed E-state index contributed by atoms with van der Waals surface area (Å²) in [4.78, 5) is 13.0. The van der Waals surface area contributed by atoms with Crippen molar-refractivity contribution >= 4 is 23.2 Å². The van der Waals surface area contributed by atoms with E-state index in [9.17, 15) is 5.11 Å². The van der Waals surface area contributed by atoms with Gasteiger partial charge in [0.15, 0.2) is 0 Å². The Morgan fingerprint density at radius 3 is 3.00 bits per heavy atom. The predicted octanol–water partition coefficient (Wildman–Crippen LogP) is -0.388. The zero-order valence-corrected chi connectivity index (χ0v) is 12.0. The van der Waals surface area contributed by atoms with Crippen LogP contribution in [-0.4, -0.2) is 64.3 Å². The smallest absolute Gasteiger partial charge is 0.226 e. The molecule has 104 valence electrons. The van der Waals surface area contributed by atoms with Crippen molar-refractivity contribution in [3.8, 4) is 0 Å². The van der Waals surface area contributed by atoms with Crippen molar-refractivity contribution < 1.29 is 5.11 Å². The number of aromatic nitrogens is 2.